The van der Waals surface area contributed by atoms with Crippen molar-refractivity contribution in [3.8, 4) is 0 Å². The van der Waals surface area contributed by atoms with Crippen LogP contribution in [-0.4, -0.2) is 55.6 Å². The number of nitrogens with zero attached hydrogens (tertiary/aromatic N) is 4. The van der Waals surface area contributed by atoms with Crippen LogP contribution in [0.2, 0.25) is 5.02 Å². The Bertz CT molecular complexity index is 1170. The smallest absolute Gasteiger partial charge is 0.324 e. The average molecular weight is 486 g/mol. The van der Waals surface area contributed by atoms with E-state index in [1.165, 1.54) is 11.0 Å². The number of nitro groups is 1. The first-order valence-electron chi connectivity index (χ1n) is 10.5. The predicted molar refractivity (Wildman–Crippen MR) is 126 cm³/mol. The van der Waals surface area contributed by atoms with Gasteiger partial charge >= 0.3 is 6.03 Å². The lowest BCUT2D eigenvalue weighted by Crippen LogP contribution is -2.50. The number of aliphatic hydroxyl groups is 1. The number of benzene rings is 2. The number of nitro benzene ring substituents is 1. The minimum atomic E-state index is -0.799. The van der Waals surface area contributed by atoms with Crippen LogP contribution in [0, 0.1) is 10.1 Å². The minimum Gasteiger partial charge on any atom is -0.394 e. The number of rotatable bonds is 9. The molecule has 3 amide bonds. The molecule has 0 saturated carbocycles. The number of amides is 3. The predicted octanol–water partition coefficient (Wildman–Crippen LogP) is 3.27. The molecule has 2 N–H and O–H groups in total. The molecule has 0 fully saturated rings. The highest BCUT2D eigenvalue weighted by atomic mass is 35.5. The Labute approximate surface area is 200 Å². The molecular formula is C23H24ClN5O5. The van der Waals surface area contributed by atoms with Gasteiger partial charge in [0.05, 0.1) is 40.2 Å². The average Bonchev–Trinajstić information content (AvgIpc) is 3.25. The summed E-state index contributed by atoms with van der Waals surface area (Å²) in [5.41, 5.74) is 1.46. The number of aliphatic hydroxyl groups excluding tert-OH is 1. The first kappa shape index (κ1) is 24.9. The summed E-state index contributed by atoms with van der Waals surface area (Å²) in [7, 11) is 0. The molecule has 0 aliphatic carbocycles. The van der Waals surface area contributed by atoms with Crippen molar-refractivity contribution in [2.24, 2.45) is 0 Å². The number of likely N-dealkylation sites (N-methyl/N-ethyl adjacent to an activating group) is 1. The molecule has 1 aromatic heterocycles. The van der Waals surface area contributed by atoms with Crippen LogP contribution < -0.4 is 5.32 Å². The molecule has 1 atom stereocenters. The second kappa shape index (κ2) is 11.4. The molecule has 1 heterocycles. The number of non-ortho nitro benzene ring substituents is 1. The fraction of sp³-hybridized carbons (Fsp3) is 0.261. The van der Waals surface area contributed by atoms with E-state index in [1.54, 1.807) is 13.3 Å². The molecule has 2 aromatic carbocycles. The van der Waals surface area contributed by atoms with Gasteiger partial charge in [-0.25, -0.2) is 9.78 Å². The lowest BCUT2D eigenvalue weighted by Gasteiger charge is -2.29. The Hall–Kier alpha value is -3.76. The standard InChI is InChI=1S/C23H24ClN5O5/c1-2-28(23(32)26-22(31)20-9-8-18(29(33)34)11-21(20)24)19(14-30)10-17-13-27(15-25-17)12-16-6-4-3-5-7-16/h3-9,11,13,15,19,30H,2,10,12,14H2,1H3,(H,26,31,32)/t19-/m0/s1. The zero-order valence-corrected chi connectivity index (χ0v) is 19.2. The zero-order valence-electron chi connectivity index (χ0n) is 18.4. The molecule has 11 heteroatoms. The van der Waals surface area contributed by atoms with Crippen LogP contribution in [0.1, 0.15) is 28.5 Å². The largest absolute Gasteiger partial charge is 0.394 e. The molecule has 3 aromatic rings. The number of urea groups is 1. The Balaban J connectivity index is 1.66. The van der Waals surface area contributed by atoms with E-state index in [0.29, 0.717) is 12.2 Å². The molecule has 0 unspecified atom stereocenters. The lowest BCUT2D eigenvalue weighted by molar-refractivity contribution is -0.384. The van der Waals surface area contributed by atoms with Gasteiger partial charge in [-0.3, -0.25) is 20.2 Å². The molecular weight excluding hydrogens is 462 g/mol. The highest BCUT2D eigenvalue weighted by molar-refractivity contribution is 6.34. The van der Waals surface area contributed by atoms with Gasteiger partial charge in [0.15, 0.2) is 0 Å². The van der Waals surface area contributed by atoms with E-state index in [-0.39, 0.29) is 35.8 Å². The van der Waals surface area contributed by atoms with Crippen molar-refractivity contribution < 1.29 is 19.6 Å². The number of hydrogen-bond donors (Lipinski definition) is 2. The zero-order chi connectivity index (χ0) is 24.7. The summed E-state index contributed by atoms with van der Waals surface area (Å²) < 4.78 is 1.91. The topological polar surface area (TPSA) is 131 Å². The lowest BCUT2D eigenvalue weighted by atomic mass is 10.1. The van der Waals surface area contributed by atoms with Gasteiger partial charge in [0.1, 0.15) is 0 Å². The van der Waals surface area contributed by atoms with Crippen molar-refractivity contribution in [2.45, 2.75) is 25.9 Å². The van der Waals surface area contributed by atoms with E-state index in [9.17, 15) is 24.8 Å². The Morgan fingerprint density at radius 1 is 1.26 bits per heavy atom. The van der Waals surface area contributed by atoms with Crippen LogP contribution in [-0.2, 0) is 13.0 Å². The van der Waals surface area contributed by atoms with Crippen LogP contribution in [0.25, 0.3) is 0 Å². The number of imidazole rings is 1. The number of carbonyl (C=O) groups is 2. The van der Waals surface area contributed by atoms with Crippen molar-refractivity contribution in [2.75, 3.05) is 13.2 Å². The SMILES string of the molecule is CCN(C(=O)NC(=O)c1ccc([N+](=O)[O-])cc1Cl)[C@H](CO)Cc1cn(Cc2ccccc2)cn1. The van der Waals surface area contributed by atoms with Crippen LogP contribution in [0.3, 0.4) is 0 Å². The van der Waals surface area contributed by atoms with Crippen molar-refractivity contribution in [1.82, 2.24) is 19.8 Å². The molecule has 34 heavy (non-hydrogen) atoms. The van der Waals surface area contributed by atoms with Crippen LogP contribution >= 0.6 is 11.6 Å². The van der Waals surface area contributed by atoms with E-state index in [4.69, 9.17) is 11.6 Å². The van der Waals surface area contributed by atoms with Gasteiger partial charge < -0.3 is 14.6 Å². The number of hydrogen-bond acceptors (Lipinski definition) is 6. The van der Waals surface area contributed by atoms with Crippen LogP contribution in [0.15, 0.2) is 61.1 Å². The van der Waals surface area contributed by atoms with Gasteiger partial charge in [0, 0.05) is 37.8 Å². The van der Waals surface area contributed by atoms with Gasteiger partial charge in [-0.05, 0) is 18.6 Å². The summed E-state index contributed by atoms with van der Waals surface area (Å²) >= 11 is 5.98. The van der Waals surface area contributed by atoms with Crippen molar-refractivity contribution in [1.29, 1.82) is 0 Å². The number of carbonyl (C=O) groups excluding carboxylic acids is 2. The third-order valence-corrected chi connectivity index (χ3v) is 5.53. The number of aromatic nitrogens is 2. The van der Waals surface area contributed by atoms with Crippen molar-refractivity contribution in [3.05, 3.63) is 93.0 Å². The first-order valence-corrected chi connectivity index (χ1v) is 10.9. The van der Waals surface area contributed by atoms with Crippen molar-refractivity contribution >= 4 is 29.2 Å². The van der Waals surface area contributed by atoms with Crippen LogP contribution in [0.5, 0.6) is 0 Å². The summed E-state index contributed by atoms with van der Waals surface area (Å²) in [4.78, 5) is 41.2. The molecule has 0 spiro atoms. The van der Waals surface area contributed by atoms with Crippen molar-refractivity contribution in [3.63, 3.8) is 0 Å². The summed E-state index contributed by atoms with van der Waals surface area (Å²) in [5.74, 6) is -0.799. The van der Waals surface area contributed by atoms with Gasteiger partial charge in [0.25, 0.3) is 11.6 Å². The maximum atomic E-state index is 12.8. The summed E-state index contributed by atoms with van der Waals surface area (Å²) in [6.45, 7) is 2.25. The second-order valence-electron chi connectivity index (χ2n) is 7.53. The molecule has 0 aliphatic heterocycles. The third-order valence-electron chi connectivity index (χ3n) is 5.22. The summed E-state index contributed by atoms with van der Waals surface area (Å²) in [5, 5.41) is 22.9. The Morgan fingerprint density at radius 2 is 2.00 bits per heavy atom. The maximum absolute atomic E-state index is 12.8. The van der Waals surface area contributed by atoms with E-state index in [2.05, 4.69) is 10.3 Å². The van der Waals surface area contributed by atoms with E-state index >= 15 is 0 Å². The summed E-state index contributed by atoms with van der Waals surface area (Å²) in [6.07, 6.45) is 3.82. The van der Waals surface area contributed by atoms with Gasteiger partial charge in [-0.15, -0.1) is 0 Å². The maximum Gasteiger partial charge on any atom is 0.324 e. The van der Waals surface area contributed by atoms with Crippen LogP contribution in [0.4, 0.5) is 10.5 Å². The fourth-order valence-corrected chi connectivity index (χ4v) is 3.77. The fourth-order valence-electron chi connectivity index (χ4n) is 3.51. The monoisotopic (exact) mass is 485 g/mol. The minimum absolute atomic E-state index is 0.0723. The quantitative estimate of drug-likeness (QED) is 0.353. The van der Waals surface area contributed by atoms with E-state index in [1.807, 2.05) is 41.1 Å². The number of nitrogens with one attached hydrogen (secondary N) is 1. The first-order chi connectivity index (χ1) is 16.3. The van der Waals surface area contributed by atoms with Gasteiger partial charge in [-0.2, -0.15) is 0 Å². The molecule has 3 rings (SSSR count). The Kier molecular flexibility index (Phi) is 8.34. The summed E-state index contributed by atoms with van der Waals surface area (Å²) in [6, 6.07) is 11.9. The van der Waals surface area contributed by atoms with E-state index < -0.39 is 22.9 Å². The highest BCUT2D eigenvalue weighted by Crippen LogP contribution is 2.22. The van der Waals surface area contributed by atoms with Gasteiger partial charge in [0.2, 0.25) is 0 Å². The van der Waals surface area contributed by atoms with E-state index in [0.717, 1.165) is 17.7 Å². The molecule has 178 valence electrons. The number of imide groups is 1. The molecule has 10 nitrogen and oxygen atoms in total. The Morgan fingerprint density at radius 3 is 2.62 bits per heavy atom. The molecule has 0 saturated heterocycles. The molecule has 0 bridgehead atoms. The highest BCUT2D eigenvalue weighted by Gasteiger charge is 2.25. The normalized spacial score (nSPS) is 11.6. The number of halogens is 1. The molecule has 0 radical (unpaired) electrons. The molecule has 0 aliphatic rings. The second-order valence-corrected chi connectivity index (χ2v) is 7.94. The van der Waals surface area contributed by atoms with Gasteiger partial charge in [-0.1, -0.05) is 41.9 Å². The third kappa shape index (κ3) is 6.18.